The summed E-state index contributed by atoms with van der Waals surface area (Å²) in [5.74, 6) is 1.36. The molecule has 32 heavy (non-hydrogen) atoms. The molecule has 1 aromatic heterocycles. The summed E-state index contributed by atoms with van der Waals surface area (Å²) in [5.41, 5.74) is 3.06. The highest BCUT2D eigenvalue weighted by Crippen LogP contribution is 2.32. The molecule has 9 heteroatoms. The molecule has 0 saturated carbocycles. The standard InChI is InChI=1S/C23H25ClN4O3S/c1-14(2)12-30-19-6-5-18(24)10-20(19)31-13-21-27-28-23(32-21)26-22(29)16-3-4-17-11-25-8-7-15(17)9-16/h3-6,9-10,14,25H,7-8,11-13H2,1-2H3,(H,26,28,29). The van der Waals surface area contributed by atoms with Gasteiger partial charge in [0.25, 0.3) is 5.91 Å². The van der Waals surface area contributed by atoms with E-state index in [4.69, 9.17) is 21.1 Å². The van der Waals surface area contributed by atoms with Gasteiger partial charge in [-0.2, -0.15) is 0 Å². The van der Waals surface area contributed by atoms with Crippen LogP contribution in [-0.4, -0.2) is 29.3 Å². The van der Waals surface area contributed by atoms with Crippen LogP contribution in [0, 0.1) is 5.92 Å². The van der Waals surface area contributed by atoms with Crippen LogP contribution in [0.4, 0.5) is 5.13 Å². The molecule has 0 atom stereocenters. The number of carbonyl (C=O) groups is 1. The van der Waals surface area contributed by atoms with Crippen molar-refractivity contribution in [2.45, 2.75) is 33.4 Å². The van der Waals surface area contributed by atoms with E-state index in [0.29, 0.717) is 44.7 Å². The Morgan fingerprint density at radius 3 is 2.88 bits per heavy atom. The quantitative estimate of drug-likeness (QED) is 0.494. The normalized spacial score (nSPS) is 13.0. The zero-order valence-electron chi connectivity index (χ0n) is 18.0. The number of rotatable bonds is 8. The summed E-state index contributed by atoms with van der Waals surface area (Å²) in [6, 6.07) is 11.1. The number of ether oxygens (including phenoxy) is 2. The van der Waals surface area contributed by atoms with Gasteiger partial charge in [0.1, 0.15) is 6.61 Å². The summed E-state index contributed by atoms with van der Waals surface area (Å²) in [6.45, 7) is 6.69. The minimum Gasteiger partial charge on any atom is -0.489 e. The molecule has 1 amide bonds. The summed E-state index contributed by atoms with van der Waals surface area (Å²) >= 11 is 7.38. The molecule has 0 spiro atoms. The second-order valence-corrected chi connectivity index (χ2v) is 9.45. The molecule has 168 valence electrons. The number of carbonyl (C=O) groups excluding carboxylic acids is 1. The minimum absolute atomic E-state index is 0.192. The largest absolute Gasteiger partial charge is 0.489 e. The van der Waals surface area contributed by atoms with Gasteiger partial charge >= 0.3 is 0 Å². The van der Waals surface area contributed by atoms with Gasteiger partial charge in [-0.1, -0.05) is 42.9 Å². The number of amides is 1. The highest BCUT2D eigenvalue weighted by atomic mass is 35.5. The van der Waals surface area contributed by atoms with Crippen LogP contribution in [0.5, 0.6) is 11.5 Å². The van der Waals surface area contributed by atoms with Gasteiger partial charge in [-0.3, -0.25) is 10.1 Å². The maximum absolute atomic E-state index is 12.6. The van der Waals surface area contributed by atoms with Crippen LogP contribution in [0.15, 0.2) is 36.4 Å². The second-order valence-electron chi connectivity index (χ2n) is 7.95. The van der Waals surface area contributed by atoms with Gasteiger partial charge in [-0.15, -0.1) is 10.2 Å². The lowest BCUT2D eigenvalue weighted by atomic mass is 9.98. The fourth-order valence-corrected chi connectivity index (χ4v) is 4.07. The van der Waals surface area contributed by atoms with Crippen molar-refractivity contribution in [2.24, 2.45) is 5.92 Å². The molecular weight excluding hydrogens is 448 g/mol. The lowest BCUT2D eigenvalue weighted by Gasteiger charge is -2.17. The molecule has 2 heterocycles. The van der Waals surface area contributed by atoms with E-state index in [1.54, 1.807) is 18.2 Å². The summed E-state index contributed by atoms with van der Waals surface area (Å²) in [6.07, 6.45) is 0.920. The number of hydrogen-bond acceptors (Lipinski definition) is 7. The lowest BCUT2D eigenvalue weighted by Crippen LogP contribution is -2.24. The highest BCUT2D eigenvalue weighted by molar-refractivity contribution is 7.15. The number of hydrogen-bond donors (Lipinski definition) is 2. The van der Waals surface area contributed by atoms with E-state index in [-0.39, 0.29) is 12.5 Å². The van der Waals surface area contributed by atoms with Gasteiger partial charge in [0, 0.05) is 23.2 Å². The van der Waals surface area contributed by atoms with Crippen molar-refractivity contribution >= 4 is 34.0 Å². The Bertz CT molecular complexity index is 1100. The van der Waals surface area contributed by atoms with Crippen molar-refractivity contribution < 1.29 is 14.3 Å². The van der Waals surface area contributed by atoms with Gasteiger partial charge in [0.15, 0.2) is 16.5 Å². The summed E-state index contributed by atoms with van der Waals surface area (Å²) < 4.78 is 11.7. The topological polar surface area (TPSA) is 85.4 Å². The third kappa shape index (κ3) is 5.76. The van der Waals surface area contributed by atoms with Crippen LogP contribution < -0.4 is 20.1 Å². The zero-order valence-corrected chi connectivity index (χ0v) is 19.6. The number of halogens is 1. The van der Waals surface area contributed by atoms with Crippen LogP contribution >= 0.6 is 22.9 Å². The summed E-state index contributed by atoms with van der Waals surface area (Å²) in [5, 5.41) is 16.0. The molecule has 0 fully saturated rings. The van der Waals surface area contributed by atoms with Gasteiger partial charge in [0.2, 0.25) is 5.13 Å². The highest BCUT2D eigenvalue weighted by Gasteiger charge is 2.15. The van der Waals surface area contributed by atoms with E-state index in [1.807, 2.05) is 18.2 Å². The van der Waals surface area contributed by atoms with E-state index in [2.05, 4.69) is 34.7 Å². The summed E-state index contributed by atoms with van der Waals surface area (Å²) in [7, 11) is 0. The third-order valence-corrected chi connectivity index (χ3v) is 5.92. The maximum atomic E-state index is 12.6. The average molecular weight is 473 g/mol. The van der Waals surface area contributed by atoms with Gasteiger partial charge < -0.3 is 14.8 Å². The third-order valence-electron chi connectivity index (χ3n) is 4.87. The monoisotopic (exact) mass is 472 g/mol. The molecule has 7 nitrogen and oxygen atoms in total. The smallest absolute Gasteiger partial charge is 0.257 e. The zero-order chi connectivity index (χ0) is 22.5. The molecular formula is C23H25ClN4O3S. The predicted molar refractivity (Wildman–Crippen MR) is 126 cm³/mol. The molecule has 4 rings (SSSR count). The Morgan fingerprint density at radius 2 is 2.03 bits per heavy atom. The lowest BCUT2D eigenvalue weighted by molar-refractivity contribution is 0.102. The number of nitrogens with zero attached hydrogens (tertiary/aromatic N) is 2. The minimum atomic E-state index is -0.200. The van der Waals surface area contributed by atoms with Crippen LogP contribution in [0.2, 0.25) is 5.02 Å². The van der Waals surface area contributed by atoms with E-state index < -0.39 is 0 Å². The van der Waals surface area contributed by atoms with Crippen LogP contribution in [0.3, 0.4) is 0 Å². The van der Waals surface area contributed by atoms with Crippen molar-refractivity contribution in [1.29, 1.82) is 0 Å². The van der Waals surface area contributed by atoms with Gasteiger partial charge in [-0.25, -0.2) is 0 Å². The van der Waals surface area contributed by atoms with Gasteiger partial charge in [-0.05, 0) is 54.3 Å². The molecule has 0 aliphatic carbocycles. The number of fused-ring (bicyclic) bond motifs is 1. The number of nitrogens with one attached hydrogen (secondary N) is 2. The van der Waals surface area contributed by atoms with Crippen molar-refractivity contribution in [3.05, 3.63) is 63.1 Å². The Hall–Kier alpha value is -2.68. The van der Waals surface area contributed by atoms with Crippen LogP contribution in [0.1, 0.15) is 40.3 Å². The average Bonchev–Trinajstić information content (AvgIpc) is 3.23. The van der Waals surface area contributed by atoms with Crippen molar-refractivity contribution in [2.75, 3.05) is 18.5 Å². The van der Waals surface area contributed by atoms with Crippen molar-refractivity contribution in [3.63, 3.8) is 0 Å². The second kappa shape index (κ2) is 10.3. The van der Waals surface area contributed by atoms with E-state index >= 15 is 0 Å². The molecule has 0 radical (unpaired) electrons. The Kier molecular flexibility index (Phi) is 7.24. The van der Waals surface area contributed by atoms with Crippen molar-refractivity contribution in [1.82, 2.24) is 15.5 Å². The Balaban J connectivity index is 1.37. The molecule has 0 bridgehead atoms. The number of anilines is 1. The maximum Gasteiger partial charge on any atom is 0.257 e. The number of aromatic nitrogens is 2. The molecule has 0 unspecified atom stereocenters. The fraction of sp³-hybridized carbons (Fsp3) is 0.348. The van der Waals surface area contributed by atoms with Crippen LogP contribution in [-0.2, 0) is 19.6 Å². The Morgan fingerprint density at radius 1 is 1.16 bits per heavy atom. The first-order chi connectivity index (χ1) is 15.5. The predicted octanol–water partition coefficient (Wildman–Crippen LogP) is 4.70. The fourth-order valence-electron chi connectivity index (χ4n) is 3.26. The molecule has 2 aromatic carbocycles. The van der Waals surface area contributed by atoms with Gasteiger partial charge in [0.05, 0.1) is 6.61 Å². The molecule has 1 aliphatic rings. The van der Waals surface area contributed by atoms with Crippen LogP contribution in [0.25, 0.3) is 0 Å². The SMILES string of the molecule is CC(C)COc1ccc(Cl)cc1OCc1nnc(NC(=O)c2ccc3c(c2)CCNC3)s1. The first kappa shape index (κ1) is 22.5. The van der Waals surface area contributed by atoms with E-state index in [1.165, 1.54) is 22.5 Å². The summed E-state index contributed by atoms with van der Waals surface area (Å²) in [4.78, 5) is 12.6. The molecule has 0 saturated heterocycles. The first-order valence-corrected chi connectivity index (χ1v) is 11.7. The molecule has 1 aliphatic heterocycles. The molecule has 2 N–H and O–H groups in total. The Labute approximate surface area is 196 Å². The van der Waals surface area contributed by atoms with E-state index in [0.717, 1.165) is 19.5 Å². The van der Waals surface area contributed by atoms with E-state index in [9.17, 15) is 4.79 Å². The molecule has 3 aromatic rings. The number of benzene rings is 2. The first-order valence-electron chi connectivity index (χ1n) is 10.5. The van der Waals surface area contributed by atoms with Crippen molar-refractivity contribution in [3.8, 4) is 11.5 Å².